The smallest absolute Gasteiger partial charge is 0.0951 e. The molecule has 4 fully saturated rings. The van der Waals surface area contributed by atoms with Crippen molar-refractivity contribution in [2.45, 2.75) is 44.3 Å². The molecule has 0 spiro atoms. The van der Waals surface area contributed by atoms with Gasteiger partial charge in [0.25, 0.3) is 0 Å². The van der Waals surface area contributed by atoms with Gasteiger partial charge in [-0.25, -0.2) is 4.98 Å². The third-order valence-corrected chi connectivity index (χ3v) is 4.89. The molecule has 0 amide bonds. The van der Waals surface area contributed by atoms with Crippen molar-refractivity contribution in [1.29, 1.82) is 0 Å². The molecule has 4 heteroatoms. The van der Waals surface area contributed by atoms with Crippen molar-refractivity contribution < 1.29 is 0 Å². The lowest BCUT2D eigenvalue weighted by atomic mass is 9.84. The zero-order chi connectivity index (χ0) is 11.9. The van der Waals surface area contributed by atoms with Gasteiger partial charge in [0.2, 0.25) is 0 Å². The number of hydrogen-bond acceptors (Lipinski definition) is 3. The molecular weight excluding hydrogens is 224 g/mol. The number of nitrogens with one attached hydrogen (secondary N) is 1. The molecule has 1 atom stereocenters. The van der Waals surface area contributed by atoms with Gasteiger partial charge in [0.1, 0.15) is 0 Å². The van der Waals surface area contributed by atoms with Crippen LogP contribution in [0.1, 0.15) is 37.4 Å². The molecule has 1 saturated carbocycles. The van der Waals surface area contributed by atoms with Crippen molar-refractivity contribution in [1.82, 2.24) is 19.8 Å². The zero-order valence-electron chi connectivity index (χ0n) is 10.9. The van der Waals surface area contributed by atoms with Crippen LogP contribution in [-0.2, 0) is 6.54 Å². The highest BCUT2D eigenvalue weighted by molar-refractivity contribution is 5.04. The molecule has 4 heterocycles. The average molecular weight is 246 g/mol. The SMILES string of the molecule is c1ncn(C2CC2)c1CNC1CN2CCC1CC2. The lowest BCUT2D eigenvalue weighted by Gasteiger charge is -2.45. The minimum atomic E-state index is 0.704. The van der Waals surface area contributed by atoms with Gasteiger partial charge >= 0.3 is 0 Å². The monoisotopic (exact) mass is 246 g/mol. The molecule has 1 N–H and O–H groups in total. The molecule has 18 heavy (non-hydrogen) atoms. The number of aromatic nitrogens is 2. The molecular formula is C14H22N4. The van der Waals surface area contributed by atoms with Gasteiger partial charge in [0.05, 0.1) is 12.0 Å². The van der Waals surface area contributed by atoms with Crippen molar-refractivity contribution >= 4 is 0 Å². The molecule has 1 aromatic heterocycles. The van der Waals surface area contributed by atoms with Gasteiger partial charge in [-0.3, -0.25) is 0 Å². The summed E-state index contributed by atoms with van der Waals surface area (Å²) >= 11 is 0. The predicted molar refractivity (Wildman–Crippen MR) is 70.3 cm³/mol. The largest absolute Gasteiger partial charge is 0.330 e. The molecule has 3 saturated heterocycles. The van der Waals surface area contributed by atoms with E-state index in [1.165, 1.54) is 51.0 Å². The molecule has 1 unspecified atom stereocenters. The Hall–Kier alpha value is -0.870. The number of piperidine rings is 3. The predicted octanol–water partition coefficient (Wildman–Crippen LogP) is 1.40. The Bertz CT molecular complexity index is 415. The van der Waals surface area contributed by atoms with E-state index in [4.69, 9.17) is 0 Å². The highest BCUT2D eigenvalue weighted by Gasteiger charge is 2.34. The van der Waals surface area contributed by atoms with Crippen molar-refractivity contribution in [2.24, 2.45) is 5.92 Å². The maximum atomic E-state index is 4.31. The maximum absolute atomic E-state index is 4.31. The van der Waals surface area contributed by atoms with Crippen molar-refractivity contribution in [3.63, 3.8) is 0 Å². The average Bonchev–Trinajstić information content (AvgIpc) is 3.17. The first-order valence-electron chi connectivity index (χ1n) is 7.36. The van der Waals surface area contributed by atoms with Crippen molar-refractivity contribution in [3.05, 3.63) is 18.2 Å². The van der Waals surface area contributed by atoms with E-state index in [-0.39, 0.29) is 0 Å². The minimum Gasteiger partial charge on any atom is -0.330 e. The molecule has 0 aromatic carbocycles. The van der Waals surface area contributed by atoms with Gasteiger partial charge in [0.15, 0.2) is 0 Å². The van der Waals surface area contributed by atoms with E-state index in [1.807, 2.05) is 12.5 Å². The van der Waals surface area contributed by atoms with Gasteiger partial charge in [-0.1, -0.05) is 0 Å². The summed E-state index contributed by atoms with van der Waals surface area (Å²) in [5.74, 6) is 0.910. The zero-order valence-corrected chi connectivity index (χ0v) is 10.9. The number of fused-ring (bicyclic) bond motifs is 3. The Morgan fingerprint density at radius 2 is 2.06 bits per heavy atom. The van der Waals surface area contributed by atoms with Crippen LogP contribution in [0.25, 0.3) is 0 Å². The molecule has 3 aliphatic heterocycles. The van der Waals surface area contributed by atoms with Gasteiger partial charge in [-0.05, 0) is 44.7 Å². The van der Waals surface area contributed by atoms with Crippen LogP contribution in [0.15, 0.2) is 12.5 Å². The summed E-state index contributed by atoms with van der Waals surface area (Å²) in [5, 5.41) is 3.78. The molecule has 1 aromatic rings. The van der Waals surface area contributed by atoms with E-state index in [0.717, 1.165) is 18.5 Å². The van der Waals surface area contributed by atoms with Crippen LogP contribution in [0.5, 0.6) is 0 Å². The quantitative estimate of drug-likeness (QED) is 0.872. The van der Waals surface area contributed by atoms with Gasteiger partial charge < -0.3 is 14.8 Å². The van der Waals surface area contributed by atoms with E-state index in [2.05, 4.69) is 19.8 Å². The van der Waals surface area contributed by atoms with Crippen LogP contribution in [0.3, 0.4) is 0 Å². The molecule has 4 aliphatic rings. The number of imidazole rings is 1. The topological polar surface area (TPSA) is 33.1 Å². The summed E-state index contributed by atoms with van der Waals surface area (Å²) in [4.78, 5) is 6.91. The standard InChI is InChI=1S/C14H22N4/c1-2-12(1)18-10-15-7-13(18)8-16-14-9-17-5-3-11(14)4-6-17/h7,10-12,14,16H,1-6,8-9H2. The maximum Gasteiger partial charge on any atom is 0.0951 e. The number of nitrogens with zero attached hydrogens (tertiary/aromatic N) is 3. The summed E-state index contributed by atoms with van der Waals surface area (Å²) in [6, 6.07) is 1.45. The Morgan fingerprint density at radius 3 is 2.72 bits per heavy atom. The molecule has 98 valence electrons. The summed E-state index contributed by atoms with van der Waals surface area (Å²) in [7, 11) is 0. The third kappa shape index (κ3) is 1.97. The van der Waals surface area contributed by atoms with E-state index < -0.39 is 0 Å². The summed E-state index contributed by atoms with van der Waals surface area (Å²) in [6.45, 7) is 4.89. The fourth-order valence-corrected chi connectivity index (χ4v) is 3.58. The van der Waals surface area contributed by atoms with Crippen LogP contribution >= 0.6 is 0 Å². The van der Waals surface area contributed by atoms with Crippen molar-refractivity contribution in [3.8, 4) is 0 Å². The number of hydrogen-bond donors (Lipinski definition) is 1. The van der Waals surface area contributed by atoms with Crippen LogP contribution < -0.4 is 5.32 Å². The second-order valence-electron chi connectivity index (χ2n) is 6.15. The molecule has 1 aliphatic carbocycles. The first-order valence-corrected chi connectivity index (χ1v) is 7.36. The van der Waals surface area contributed by atoms with E-state index >= 15 is 0 Å². The van der Waals surface area contributed by atoms with Gasteiger partial charge in [-0.2, -0.15) is 0 Å². The van der Waals surface area contributed by atoms with Crippen molar-refractivity contribution in [2.75, 3.05) is 19.6 Å². The second kappa shape index (κ2) is 4.35. The Labute approximate surface area is 108 Å². The van der Waals surface area contributed by atoms with E-state index in [9.17, 15) is 0 Å². The fourth-order valence-electron chi connectivity index (χ4n) is 3.58. The fraction of sp³-hybridized carbons (Fsp3) is 0.786. The van der Waals surface area contributed by atoms with Gasteiger partial charge in [0, 0.05) is 31.4 Å². The first kappa shape index (κ1) is 11.0. The van der Waals surface area contributed by atoms with Crippen LogP contribution in [0.2, 0.25) is 0 Å². The number of rotatable bonds is 4. The molecule has 2 bridgehead atoms. The Kier molecular flexibility index (Phi) is 2.66. The highest BCUT2D eigenvalue weighted by Crippen LogP contribution is 2.35. The molecule has 4 nitrogen and oxygen atoms in total. The van der Waals surface area contributed by atoms with E-state index in [0.29, 0.717) is 6.04 Å². The second-order valence-corrected chi connectivity index (χ2v) is 6.15. The minimum absolute atomic E-state index is 0.704. The first-order chi connectivity index (χ1) is 8.90. The Balaban J connectivity index is 1.39. The molecule has 5 rings (SSSR count). The lowest BCUT2D eigenvalue weighted by Crippen LogP contribution is -2.55. The lowest BCUT2D eigenvalue weighted by molar-refractivity contribution is 0.0717. The Morgan fingerprint density at radius 1 is 1.22 bits per heavy atom. The summed E-state index contributed by atoms with van der Waals surface area (Å²) < 4.78 is 2.37. The van der Waals surface area contributed by atoms with Crippen LogP contribution in [-0.4, -0.2) is 40.1 Å². The van der Waals surface area contributed by atoms with Crippen LogP contribution in [0.4, 0.5) is 0 Å². The molecule has 0 radical (unpaired) electrons. The summed E-state index contributed by atoms with van der Waals surface area (Å²) in [5.41, 5.74) is 1.37. The highest BCUT2D eigenvalue weighted by atomic mass is 15.2. The normalized spacial score (nSPS) is 35.0. The van der Waals surface area contributed by atoms with Crippen LogP contribution in [0, 0.1) is 5.92 Å². The summed E-state index contributed by atoms with van der Waals surface area (Å²) in [6.07, 6.45) is 9.49. The van der Waals surface area contributed by atoms with Gasteiger partial charge in [-0.15, -0.1) is 0 Å². The third-order valence-electron chi connectivity index (χ3n) is 4.89. The van der Waals surface area contributed by atoms with E-state index in [1.54, 1.807) is 0 Å².